The monoisotopic (exact) mass is 481 g/mol. The van der Waals surface area contributed by atoms with E-state index in [2.05, 4.69) is 31.2 Å². The maximum atomic E-state index is 4.19. The van der Waals surface area contributed by atoms with Crippen molar-refractivity contribution in [3.05, 3.63) is 160 Å². The minimum Gasteiger partial charge on any atom is -0.665 e. The van der Waals surface area contributed by atoms with Gasteiger partial charge >= 0.3 is 19.5 Å². The van der Waals surface area contributed by atoms with Crippen LogP contribution in [0.1, 0.15) is 0 Å². The zero-order chi connectivity index (χ0) is 20.0. The van der Waals surface area contributed by atoms with Crippen LogP contribution in [0.4, 0.5) is 0 Å². The molecular formula is C23H19N6Ru-3. The van der Waals surface area contributed by atoms with Crippen molar-refractivity contribution >= 4 is 0 Å². The van der Waals surface area contributed by atoms with Gasteiger partial charge in [-0.1, -0.05) is 91.6 Å². The molecule has 0 spiro atoms. The number of imidazole rings is 1. The average molecular weight is 481 g/mol. The first-order valence-corrected chi connectivity index (χ1v) is 8.95. The predicted molar refractivity (Wildman–Crippen MR) is 118 cm³/mol. The van der Waals surface area contributed by atoms with Crippen molar-refractivity contribution in [3.63, 3.8) is 0 Å². The normalized spacial score (nSPS) is 21.6. The van der Waals surface area contributed by atoms with Crippen LogP contribution in [0.2, 0.25) is 0 Å². The summed E-state index contributed by atoms with van der Waals surface area (Å²) in [7, 11) is 0. The van der Waals surface area contributed by atoms with Crippen LogP contribution in [0.25, 0.3) is 21.3 Å². The molecule has 0 radical (unpaired) electrons. The van der Waals surface area contributed by atoms with Gasteiger partial charge in [-0.05, 0) is 0 Å². The van der Waals surface area contributed by atoms with Crippen molar-refractivity contribution < 1.29 is 19.5 Å². The maximum Gasteiger partial charge on any atom is 2.00 e. The number of aromatic nitrogens is 2. The van der Waals surface area contributed by atoms with Crippen LogP contribution in [0.3, 0.4) is 0 Å². The van der Waals surface area contributed by atoms with E-state index in [-0.39, 0.29) is 19.5 Å². The van der Waals surface area contributed by atoms with E-state index < -0.39 is 0 Å². The van der Waals surface area contributed by atoms with Crippen LogP contribution >= 0.6 is 0 Å². The van der Waals surface area contributed by atoms with E-state index in [1.807, 2.05) is 72.9 Å². The van der Waals surface area contributed by atoms with Gasteiger partial charge in [0.25, 0.3) is 0 Å². The van der Waals surface area contributed by atoms with E-state index in [0.29, 0.717) is 0 Å². The Morgan fingerprint density at radius 3 is 1.03 bits per heavy atom. The second kappa shape index (κ2) is 13.6. The van der Waals surface area contributed by atoms with Crippen molar-refractivity contribution in [1.29, 1.82) is 0 Å². The fourth-order valence-corrected chi connectivity index (χ4v) is 2.25. The van der Waals surface area contributed by atoms with Gasteiger partial charge in [0, 0.05) is 0 Å². The van der Waals surface area contributed by atoms with Crippen molar-refractivity contribution in [2.75, 3.05) is 0 Å². The summed E-state index contributed by atoms with van der Waals surface area (Å²) in [6, 6.07) is 0. The average Bonchev–Trinajstić information content (AvgIpc) is 3.42. The molecule has 4 aliphatic heterocycles. The smallest absolute Gasteiger partial charge is 0.665 e. The van der Waals surface area contributed by atoms with E-state index in [0.717, 1.165) is 22.8 Å². The predicted octanol–water partition coefficient (Wildman–Crippen LogP) is 6.26. The van der Waals surface area contributed by atoms with Crippen molar-refractivity contribution in [2.24, 2.45) is 0 Å². The molecule has 0 fully saturated rings. The molecule has 5 heterocycles. The zero-order valence-corrected chi connectivity index (χ0v) is 17.7. The molecule has 5 rings (SSSR count). The number of hydrogen-bond acceptors (Lipinski definition) is 1. The maximum absolute atomic E-state index is 4.19. The molecule has 1 aromatic rings. The van der Waals surface area contributed by atoms with E-state index in [1.165, 1.54) is 6.33 Å². The third-order valence-corrected chi connectivity index (χ3v) is 3.56. The standard InChI is InChI=1S/2C10H8N2.C3H3N2.Ru/c2*1-3-7-11-9(5-1)10-6-2-4-8-12-10;1-2-5-3-4-1;/h2*1-8H;1-3H;/q2*-2;-1;+2. The van der Waals surface area contributed by atoms with Crippen molar-refractivity contribution in [3.8, 4) is 0 Å². The SMILES string of the molecule is C1=C[N-]C(=C2C=CC=C[N-]2)C=C1.C1=C[N-]C(=C2C=CC=C[N-]2)C=C1.[Ru+2].c1c[n-]cn1. The number of rotatable bonds is 0. The summed E-state index contributed by atoms with van der Waals surface area (Å²) in [6.07, 6.45) is 35.0. The van der Waals surface area contributed by atoms with E-state index in [9.17, 15) is 0 Å². The second-order valence-corrected chi connectivity index (χ2v) is 5.57. The fraction of sp³-hybridized carbons (Fsp3) is 0. The molecule has 0 saturated carbocycles. The first-order chi connectivity index (χ1) is 14.4. The molecule has 0 saturated heterocycles. The molecule has 4 aliphatic rings. The van der Waals surface area contributed by atoms with Gasteiger partial charge in [-0.15, -0.1) is 0 Å². The summed E-state index contributed by atoms with van der Waals surface area (Å²) in [4.78, 5) is 7.22. The van der Waals surface area contributed by atoms with E-state index >= 15 is 0 Å². The Kier molecular flexibility index (Phi) is 10.3. The van der Waals surface area contributed by atoms with Crippen LogP contribution in [0, 0.1) is 0 Å². The minimum atomic E-state index is 0. The summed E-state index contributed by atoms with van der Waals surface area (Å²) in [6.45, 7) is 0. The topological polar surface area (TPSA) is 83.4 Å². The molecule has 0 aromatic carbocycles. The molecule has 7 heteroatoms. The molecule has 0 bridgehead atoms. The van der Waals surface area contributed by atoms with Crippen molar-refractivity contribution in [2.45, 2.75) is 0 Å². The third kappa shape index (κ3) is 7.82. The quantitative estimate of drug-likeness (QED) is 0.411. The Bertz CT molecular complexity index is 807. The number of allylic oxidation sites excluding steroid dienone is 12. The molecule has 152 valence electrons. The molecule has 0 amide bonds. The molecular weight excluding hydrogens is 461 g/mol. The Balaban J connectivity index is 0.000000170. The van der Waals surface area contributed by atoms with Gasteiger partial charge in [0.1, 0.15) is 0 Å². The van der Waals surface area contributed by atoms with E-state index in [1.54, 1.807) is 37.2 Å². The zero-order valence-electron chi connectivity index (χ0n) is 16.0. The largest absolute Gasteiger partial charge is 2.00 e. The fourth-order valence-electron chi connectivity index (χ4n) is 2.25. The van der Waals surface area contributed by atoms with Gasteiger partial charge in [0.2, 0.25) is 0 Å². The van der Waals surface area contributed by atoms with Gasteiger partial charge in [-0.2, -0.15) is 47.6 Å². The molecule has 0 unspecified atom stereocenters. The number of hydrogen-bond donors (Lipinski definition) is 0. The van der Waals surface area contributed by atoms with Crippen LogP contribution in [0.5, 0.6) is 0 Å². The first-order valence-electron chi connectivity index (χ1n) is 8.95. The van der Waals surface area contributed by atoms with Gasteiger partial charge in [-0.25, -0.2) is 0 Å². The Hall–Kier alpha value is -3.57. The Morgan fingerprint density at radius 2 is 0.867 bits per heavy atom. The number of nitrogens with zero attached hydrogens (tertiary/aromatic N) is 6. The van der Waals surface area contributed by atoms with Crippen LogP contribution < -0.4 is 4.98 Å². The molecule has 0 atom stereocenters. The van der Waals surface area contributed by atoms with Gasteiger partial charge in [-0.3, -0.25) is 0 Å². The summed E-state index contributed by atoms with van der Waals surface area (Å²) >= 11 is 0. The summed E-state index contributed by atoms with van der Waals surface area (Å²) in [5, 5.41) is 16.7. The molecule has 0 N–H and O–H groups in total. The van der Waals surface area contributed by atoms with E-state index in [4.69, 9.17) is 0 Å². The third-order valence-electron chi connectivity index (χ3n) is 3.56. The van der Waals surface area contributed by atoms with Crippen molar-refractivity contribution in [1.82, 2.24) is 9.97 Å². The molecule has 30 heavy (non-hydrogen) atoms. The van der Waals surface area contributed by atoms with Crippen LogP contribution in [-0.2, 0) is 19.5 Å². The molecule has 1 aromatic heterocycles. The summed E-state index contributed by atoms with van der Waals surface area (Å²) in [5.41, 5.74) is 3.66. The molecule has 0 aliphatic carbocycles. The molecule has 6 nitrogen and oxygen atoms in total. The summed E-state index contributed by atoms with van der Waals surface area (Å²) < 4.78 is 0. The van der Waals surface area contributed by atoms with Crippen LogP contribution in [0.15, 0.2) is 139 Å². The Morgan fingerprint density at radius 1 is 0.500 bits per heavy atom. The first kappa shape index (κ1) is 22.7. The second-order valence-electron chi connectivity index (χ2n) is 5.57. The van der Waals surface area contributed by atoms with Gasteiger partial charge in [0.05, 0.1) is 0 Å². The van der Waals surface area contributed by atoms with Crippen LogP contribution in [-0.4, -0.2) is 4.98 Å². The minimum absolute atomic E-state index is 0. The summed E-state index contributed by atoms with van der Waals surface area (Å²) in [5.74, 6) is 0. The van der Waals surface area contributed by atoms with Gasteiger partial charge in [0.15, 0.2) is 0 Å². The Labute approximate surface area is 189 Å². The van der Waals surface area contributed by atoms with Gasteiger partial charge < -0.3 is 31.2 Å².